The van der Waals surface area contributed by atoms with Gasteiger partial charge in [-0.1, -0.05) is 31.2 Å². The van der Waals surface area contributed by atoms with Gasteiger partial charge in [0.15, 0.2) is 0 Å². The average molecular weight is 291 g/mol. The molecular formula is C17H23O2S-. The maximum absolute atomic E-state index is 11.2. The molecule has 20 heavy (non-hydrogen) atoms. The minimum absolute atomic E-state index is 0.0731. The van der Waals surface area contributed by atoms with Crippen molar-refractivity contribution in [1.29, 1.82) is 0 Å². The number of esters is 1. The molecule has 1 saturated carbocycles. The third-order valence-electron chi connectivity index (χ3n) is 4.28. The van der Waals surface area contributed by atoms with E-state index >= 15 is 0 Å². The van der Waals surface area contributed by atoms with Crippen molar-refractivity contribution in [1.82, 2.24) is 0 Å². The molecule has 2 nitrogen and oxygen atoms in total. The van der Waals surface area contributed by atoms with Gasteiger partial charge in [-0.05, 0) is 37.2 Å². The minimum atomic E-state index is -0.331. The van der Waals surface area contributed by atoms with E-state index in [-0.39, 0.29) is 27.3 Å². The maximum Gasteiger partial charge on any atom is 0.303 e. The Bertz CT molecular complexity index is 581. The summed E-state index contributed by atoms with van der Waals surface area (Å²) in [6.45, 7) is 5.78. The number of hydrogen-bond donors (Lipinski definition) is 0. The van der Waals surface area contributed by atoms with Crippen LogP contribution in [0.15, 0.2) is 29.2 Å². The van der Waals surface area contributed by atoms with Gasteiger partial charge < -0.3 is 20.7 Å². The van der Waals surface area contributed by atoms with E-state index in [1.807, 2.05) is 13.2 Å². The highest BCUT2D eigenvalue weighted by molar-refractivity contribution is 7.85. The van der Waals surface area contributed by atoms with Gasteiger partial charge in [0.05, 0.1) is 0 Å². The largest absolute Gasteiger partial charge is 0.460 e. The van der Waals surface area contributed by atoms with Crippen molar-refractivity contribution in [3.8, 4) is 5.69 Å². The lowest BCUT2D eigenvalue weighted by Crippen LogP contribution is -2.30. The van der Waals surface area contributed by atoms with Crippen LogP contribution in [0, 0.1) is 5.69 Å². The lowest BCUT2D eigenvalue weighted by Gasteiger charge is -2.29. The predicted octanol–water partition coefficient (Wildman–Crippen LogP) is 3.65. The zero-order valence-corrected chi connectivity index (χ0v) is 13.5. The van der Waals surface area contributed by atoms with Crippen molar-refractivity contribution in [2.75, 3.05) is 6.26 Å². The first kappa shape index (κ1) is 15.2. The van der Waals surface area contributed by atoms with Gasteiger partial charge in [-0.3, -0.25) is 4.79 Å². The Labute approximate surface area is 124 Å². The zero-order valence-electron chi connectivity index (χ0n) is 12.7. The van der Waals surface area contributed by atoms with Crippen molar-refractivity contribution < 1.29 is 9.53 Å². The molecule has 2 rings (SSSR count). The van der Waals surface area contributed by atoms with Crippen LogP contribution in [0.2, 0.25) is 0 Å². The van der Waals surface area contributed by atoms with Crippen LogP contribution in [-0.4, -0.2) is 17.8 Å². The number of carbonyl (C=O) groups excluding carboxylic acids is 1. The van der Waals surface area contributed by atoms with Crippen LogP contribution in [0.1, 0.15) is 45.6 Å². The molecule has 0 radical (unpaired) electrons. The molecule has 0 heterocycles. The Morgan fingerprint density at radius 1 is 1.25 bits per heavy atom. The Kier molecular flexibility index (Phi) is 4.04. The van der Waals surface area contributed by atoms with Gasteiger partial charge in [-0.15, -0.1) is 11.2 Å². The van der Waals surface area contributed by atoms with E-state index in [1.165, 1.54) is 17.4 Å². The first-order valence-corrected chi connectivity index (χ1v) is 8.64. The Morgan fingerprint density at radius 3 is 2.35 bits per heavy atom. The van der Waals surface area contributed by atoms with Gasteiger partial charge >= 0.3 is 5.97 Å². The third kappa shape index (κ3) is 3.11. The first-order chi connectivity index (χ1) is 9.24. The van der Waals surface area contributed by atoms with Crippen LogP contribution in [0.4, 0.5) is 0 Å². The molecule has 0 bridgehead atoms. The van der Waals surface area contributed by atoms with E-state index in [1.54, 1.807) is 0 Å². The van der Waals surface area contributed by atoms with Gasteiger partial charge in [-0.25, -0.2) is 0 Å². The average Bonchev–Trinajstić information content (AvgIpc) is 2.65. The summed E-state index contributed by atoms with van der Waals surface area (Å²) in [5, 5.41) is 0. The van der Waals surface area contributed by atoms with E-state index in [4.69, 9.17) is 10.4 Å². The predicted molar refractivity (Wildman–Crippen MR) is 84.3 cm³/mol. The van der Waals surface area contributed by atoms with E-state index in [9.17, 15) is 4.79 Å². The fourth-order valence-electron chi connectivity index (χ4n) is 3.29. The van der Waals surface area contributed by atoms with Gasteiger partial charge in [0, 0.05) is 6.92 Å². The number of ether oxygens (including phenoxy) is 1. The van der Waals surface area contributed by atoms with E-state index in [2.05, 4.69) is 31.2 Å². The fourth-order valence-corrected chi connectivity index (χ4v) is 3.86. The standard InChI is InChI=1S/C17H23O2S/c1-13(18)19-17(3)11-10-16(2,12-17)14-6-8-15(9-7-14)20(4)5/h4,6-9H,10-12H2,1-3,5H3/q-1. The Balaban J connectivity index is 2.21. The van der Waals surface area contributed by atoms with Crippen LogP contribution in [0.25, 0.3) is 0 Å². The van der Waals surface area contributed by atoms with E-state index in [0.717, 1.165) is 19.3 Å². The van der Waals surface area contributed by atoms with E-state index in [0.29, 0.717) is 0 Å². The van der Waals surface area contributed by atoms with Gasteiger partial charge in [0.2, 0.25) is 0 Å². The summed E-state index contributed by atoms with van der Waals surface area (Å²) < 4.78 is 5.52. The summed E-state index contributed by atoms with van der Waals surface area (Å²) in [4.78, 5) is 12.4. The van der Waals surface area contributed by atoms with Crippen LogP contribution in [-0.2, 0) is 25.2 Å². The van der Waals surface area contributed by atoms with Crippen molar-refractivity contribution >= 4 is 16.3 Å². The summed E-state index contributed by atoms with van der Waals surface area (Å²) in [7, 11) is -0.195. The molecule has 2 unspecified atom stereocenters. The highest BCUT2D eigenvalue weighted by Crippen LogP contribution is 2.47. The van der Waals surface area contributed by atoms with Gasteiger partial charge in [-0.2, -0.15) is 0 Å². The topological polar surface area (TPSA) is 26.3 Å². The highest BCUT2D eigenvalue weighted by atomic mass is 32.2. The SMILES string of the molecule is C#[S-](C)c1ccc(C2(C)CCC(C)(OC(C)=O)C2)cc1. The van der Waals surface area contributed by atoms with Crippen molar-refractivity contribution in [2.45, 2.75) is 55.9 Å². The van der Waals surface area contributed by atoms with Crippen LogP contribution < -0.4 is 0 Å². The monoisotopic (exact) mass is 291 g/mol. The number of carbonyl (C=O) groups is 1. The van der Waals surface area contributed by atoms with Gasteiger partial charge in [0.1, 0.15) is 5.60 Å². The molecule has 0 amide bonds. The maximum atomic E-state index is 11.2. The van der Waals surface area contributed by atoms with E-state index < -0.39 is 0 Å². The molecule has 0 aromatic heterocycles. The first-order valence-electron chi connectivity index (χ1n) is 6.95. The normalized spacial score (nSPS) is 29.6. The van der Waals surface area contributed by atoms with Crippen LogP contribution in [0.3, 0.4) is 0 Å². The second-order valence-corrected chi connectivity index (χ2v) is 7.95. The second-order valence-electron chi connectivity index (χ2n) is 6.36. The summed E-state index contributed by atoms with van der Waals surface area (Å²) >= 11 is 0. The molecule has 0 N–H and O–H groups in total. The fraction of sp³-hybridized carbons (Fsp3) is 0.529. The lowest BCUT2D eigenvalue weighted by molar-refractivity contribution is -0.154. The molecular weight excluding hydrogens is 268 g/mol. The molecule has 1 aromatic rings. The molecule has 1 aromatic carbocycles. The van der Waals surface area contributed by atoms with Crippen LogP contribution >= 0.6 is 0 Å². The Morgan fingerprint density at radius 2 is 1.85 bits per heavy atom. The second kappa shape index (κ2) is 5.31. The molecule has 0 saturated heterocycles. The molecule has 2 atom stereocenters. The number of hydrogen-bond acceptors (Lipinski definition) is 3. The minimum Gasteiger partial charge on any atom is -0.460 e. The number of rotatable bonds is 2. The molecule has 1 fully saturated rings. The molecule has 0 spiro atoms. The summed E-state index contributed by atoms with van der Waals surface area (Å²) in [6, 6.07) is 8.58. The highest BCUT2D eigenvalue weighted by Gasteiger charge is 2.45. The molecule has 110 valence electrons. The van der Waals surface area contributed by atoms with Crippen molar-refractivity contribution in [3.63, 3.8) is 0 Å². The molecule has 0 aliphatic heterocycles. The quantitative estimate of drug-likeness (QED) is 0.614. The summed E-state index contributed by atoms with van der Waals surface area (Å²) in [6.07, 6.45) is 4.85. The third-order valence-corrected chi connectivity index (χ3v) is 5.30. The summed E-state index contributed by atoms with van der Waals surface area (Å²) in [5.74, 6) is -0.190. The van der Waals surface area contributed by atoms with Crippen molar-refractivity contribution in [2.24, 2.45) is 0 Å². The number of benzene rings is 1. The smallest absolute Gasteiger partial charge is 0.303 e. The van der Waals surface area contributed by atoms with Crippen LogP contribution in [0.5, 0.6) is 0 Å². The summed E-state index contributed by atoms with van der Waals surface area (Å²) in [5.41, 5.74) is 6.97. The van der Waals surface area contributed by atoms with Crippen molar-refractivity contribution in [3.05, 3.63) is 29.8 Å². The van der Waals surface area contributed by atoms with Gasteiger partial charge in [0.25, 0.3) is 0 Å². The Hall–Kier alpha value is -1.18. The zero-order chi connectivity index (χ0) is 15.0. The lowest BCUT2D eigenvalue weighted by atomic mass is 9.80. The molecule has 1 aliphatic carbocycles. The molecule has 1 aliphatic rings. The molecule has 3 heteroatoms.